The van der Waals surface area contributed by atoms with Crippen molar-refractivity contribution in [1.82, 2.24) is 0 Å². The van der Waals surface area contributed by atoms with Gasteiger partial charge >= 0.3 is 0 Å². The van der Waals surface area contributed by atoms with Crippen LogP contribution in [0.3, 0.4) is 0 Å². The summed E-state index contributed by atoms with van der Waals surface area (Å²) in [4.78, 5) is -0.168. The van der Waals surface area contributed by atoms with Crippen molar-refractivity contribution >= 4 is 23.2 Å². The summed E-state index contributed by atoms with van der Waals surface area (Å²) in [6, 6.07) is 0. The average molecular weight is 177 g/mol. The topological polar surface area (TPSA) is 0 Å². The third-order valence-electron chi connectivity index (χ3n) is 1.77. The van der Waals surface area contributed by atoms with E-state index in [4.69, 9.17) is 23.2 Å². The molecule has 0 aromatic heterocycles. The van der Waals surface area contributed by atoms with E-state index in [1.165, 1.54) is 0 Å². The van der Waals surface area contributed by atoms with Crippen LogP contribution in [-0.2, 0) is 0 Å². The molecule has 10 heavy (non-hydrogen) atoms. The van der Waals surface area contributed by atoms with E-state index in [0.717, 1.165) is 17.9 Å². The molecule has 0 heterocycles. The minimum atomic E-state index is -0.168. The molecule has 0 aromatic rings. The summed E-state index contributed by atoms with van der Waals surface area (Å²) in [5.74, 6) is 0. The molecule has 0 radical (unpaired) electrons. The highest BCUT2D eigenvalue weighted by molar-refractivity contribution is 6.32. The number of hydrogen-bond donors (Lipinski definition) is 0. The fraction of sp³-hybridized carbons (Fsp3) is 0.500. The SMILES string of the molecule is CCC1(Cl)C=CC(Cl)=CC1. The molecular formula is C8H10Cl2. The van der Waals surface area contributed by atoms with E-state index < -0.39 is 0 Å². The molecule has 0 fully saturated rings. The van der Waals surface area contributed by atoms with Gasteiger partial charge in [-0.2, -0.15) is 0 Å². The predicted molar refractivity (Wildman–Crippen MR) is 46.6 cm³/mol. The van der Waals surface area contributed by atoms with Crippen molar-refractivity contribution < 1.29 is 0 Å². The van der Waals surface area contributed by atoms with Gasteiger partial charge in [0.05, 0.1) is 4.87 Å². The van der Waals surface area contributed by atoms with E-state index in [2.05, 4.69) is 6.92 Å². The third-order valence-corrected chi connectivity index (χ3v) is 2.59. The van der Waals surface area contributed by atoms with E-state index in [1.54, 1.807) is 0 Å². The Balaban J connectivity index is 2.67. The Kier molecular flexibility index (Phi) is 2.43. The van der Waals surface area contributed by atoms with Gasteiger partial charge in [0, 0.05) is 5.03 Å². The molecule has 1 atom stereocenters. The molecule has 0 nitrogen and oxygen atoms in total. The molecule has 0 amide bonds. The normalized spacial score (nSPS) is 32.1. The highest BCUT2D eigenvalue weighted by Gasteiger charge is 2.21. The van der Waals surface area contributed by atoms with Crippen LogP contribution in [0.15, 0.2) is 23.3 Å². The minimum Gasteiger partial charge on any atom is -0.114 e. The van der Waals surface area contributed by atoms with Crippen LogP contribution in [0, 0.1) is 0 Å². The summed E-state index contributed by atoms with van der Waals surface area (Å²) < 4.78 is 0. The van der Waals surface area contributed by atoms with Gasteiger partial charge < -0.3 is 0 Å². The summed E-state index contributed by atoms with van der Waals surface area (Å²) in [5.41, 5.74) is 0. The first kappa shape index (κ1) is 8.16. The van der Waals surface area contributed by atoms with Gasteiger partial charge in [-0.05, 0) is 18.9 Å². The van der Waals surface area contributed by atoms with Crippen molar-refractivity contribution in [2.75, 3.05) is 0 Å². The zero-order chi connectivity index (χ0) is 7.61. The molecule has 2 heteroatoms. The second-order valence-electron chi connectivity index (χ2n) is 2.51. The number of rotatable bonds is 1. The lowest BCUT2D eigenvalue weighted by Crippen LogP contribution is -2.17. The van der Waals surface area contributed by atoms with Gasteiger partial charge in [-0.1, -0.05) is 30.7 Å². The molecule has 0 bridgehead atoms. The largest absolute Gasteiger partial charge is 0.114 e. The Morgan fingerprint density at radius 3 is 2.80 bits per heavy atom. The van der Waals surface area contributed by atoms with Crippen LogP contribution in [0.25, 0.3) is 0 Å². The van der Waals surface area contributed by atoms with Gasteiger partial charge in [0.2, 0.25) is 0 Å². The highest BCUT2D eigenvalue weighted by atomic mass is 35.5. The maximum absolute atomic E-state index is 6.13. The molecule has 0 aromatic carbocycles. The second kappa shape index (κ2) is 2.98. The summed E-state index contributed by atoms with van der Waals surface area (Å²) in [6.07, 6.45) is 7.59. The van der Waals surface area contributed by atoms with Crippen LogP contribution in [0.5, 0.6) is 0 Å². The lowest BCUT2D eigenvalue weighted by Gasteiger charge is -2.22. The van der Waals surface area contributed by atoms with E-state index >= 15 is 0 Å². The zero-order valence-electron chi connectivity index (χ0n) is 5.90. The highest BCUT2D eigenvalue weighted by Crippen LogP contribution is 2.31. The van der Waals surface area contributed by atoms with Gasteiger partial charge in [0.1, 0.15) is 0 Å². The van der Waals surface area contributed by atoms with Crippen LogP contribution < -0.4 is 0 Å². The van der Waals surface area contributed by atoms with Gasteiger partial charge in [-0.25, -0.2) is 0 Å². The van der Waals surface area contributed by atoms with Crippen LogP contribution in [-0.4, -0.2) is 4.87 Å². The lowest BCUT2D eigenvalue weighted by molar-refractivity contribution is 0.674. The Morgan fingerprint density at radius 2 is 2.40 bits per heavy atom. The first-order valence-electron chi connectivity index (χ1n) is 3.40. The number of halogens is 2. The predicted octanol–water partition coefficient (Wildman–Crippen LogP) is 3.46. The van der Waals surface area contributed by atoms with E-state index in [9.17, 15) is 0 Å². The fourth-order valence-corrected chi connectivity index (χ4v) is 1.17. The van der Waals surface area contributed by atoms with Crippen molar-refractivity contribution in [2.24, 2.45) is 0 Å². The van der Waals surface area contributed by atoms with Gasteiger partial charge in [0.25, 0.3) is 0 Å². The van der Waals surface area contributed by atoms with Crippen LogP contribution in [0.1, 0.15) is 19.8 Å². The first-order valence-corrected chi connectivity index (χ1v) is 4.16. The standard InChI is InChI=1S/C8H10Cl2/c1-2-8(10)5-3-7(9)4-6-8/h3-5H,2,6H2,1H3. The molecule has 1 rings (SSSR count). The van der Waals surface area contributed by atoms with Crippen LogP contribution >= 0.6 is 23.2 Å². The van der Waals surface area contributed by atoms with Crippen LogP contribution in [0.4, 0.5) is 0 Å². The van der Waals surface area contributed by atoms with E-state index in [0.29, 0.717) is 0 Å². The van der Waals surface area contributed by atoms with Crippen molar-refractivity contribution in [3.05, 3.63) is 23.3 Å². The lowest BCUT2D eigenvalue weighted by atomic mass is 9.97. The van der Waals surface area contributed by atoms with E-state index in [-0.39, 0.29) is 4.87 Å². The number of hydrogen-bond acceptors (Lipinski definition) is 0. The molecule has 0 N–H and O–H groups in total. The first-order chi connectivity index (χ1) is 4.66. The number of allylic oxidation sites excluding steroid dienone is 4. The van der Waals surface area contributed by atoms with Crippen molar-refractivity contribution in [1.29, 1.82) is 0 Å². The van der Waals surface area contributed by atoms with Gasteiger partial charge in [-0.3, -0.25) is 0 Å². The molecule has 0 aliphatic heterocycles. The minimum absolute atomic E-state index is 0.168. The summed E-state index contributed by atoms with van der Waals surface area (Å²) in [7, 11) is 0. The van der Waals surface area contributed by atoms with Crippen molar-refractivity contribution in [3.63, 3.8) is 0 Å². The maximum atomic E-state index is 6.13. The quantitative estimate of drug-likeness (QED) is 0.538. The molecule has 1 aliphatic carbocycles. The van der Waals surface area contributed by atoms with Crippen molar-refractivity contribution in [3.8, 4) is 0 Å². The van der Waals surface area contributed by atoms with Gasteiger partial charge in [0.15, 0.2) is 0 Å². The third kappa shape index (κ3) is 1.77. The van der Waals surface area contributed by atoms with Crippen LogP contribution in [0.2, 0.25) is 0 Å². The zero-order valence-corrected chi connectivity index (χ0v) is 7.41. The maximum Gasteiger partial charge on any atom is 0.0661 e. The molecule has 1 unspecified atom stereocenters. The molecule has 0 saturated heterocycles. The summed E-state index contributed by atoms with van der Waals surface area (Å²) in [5, 5.41) is 0.796. The van der Waals surface area contributed by atoms with Gasteiger partial charge in [-0.15, -0.1) is 11.6 Å². The molecule has 0 saturated carbocycles. The fourth-order valence-electron chi connectivity index (χ4n) is 0.894. The molecular weight excluding hydrogens is 167 g/mol. The smallest absolute Gasteiger partial charge is 0.0661 e. The summed E-state index contributed by atoms with van der Waals surface area (Å²) >= 11 is 11.9. The Labute approximate surface area is 71.5 Å². The second-order valence-corrected chi connectivity index (χ2v) is 3.70. The number of alkyl halides is 1. The Bertz CT molecular complexity index is 182. The Morgan fingerprint density at radius 1 is 1.70 bits per heavy atom. The Hall–Kier alpha value is 0.0600. The molecule has 1 aliphatic rings. The molecule has 56 valence electrons. The van der Waals surface area contributed by atoms with Crippen molar-refractivity contribution in [2.45, 2.75) is 24.6 Å². The average Bonchev–Trinajstić information content (AvgIpc) is 1.96. The summed E-state index contributed by atoms with van der Waals surface area (Å²) in [6.45, 7) is 2.07. The molecule has 0 spiro atoms. The monoisotopic (exact) mass is 176 g/mol. The van der Waals surface area contributed by atoms with E-state index in [1.807, 2.05) is 18.2 Å².